The summed E-state index contributed by atoms with van der Waals surface area (Å²) in [6.07, 6.45) is -4.39. The lowest BCUT2D eigenvalue weighted by Gasteiger charge is -2.25. The Kier molecular flexibility index (Phi) is 7.39. The maximum absolute atomic E-state index is 13.1. The van der Waals surface area contributed by atoms with Crippen LogP contribution in [0.4, 0.5) is 22.4 Å². The van der Waals surface area contributed by atoms with E-state index in [1.807, 2.05) is 19.0 Å². The smallest absolute Gasteiger partial charge is 0.334 e. The van der Waals surface area contributed by atoms with E-state index >= 15 is 0 Å². The van der Waals surface area contributed by atoms with Crippen molar-refractivity contribution in [2.75, 3.05) is 27.2 Å². The number of carbonyl (C=O) groups is 1. The van der Waals surface area contributed by atoms with Crippen LogP contribution >= 0.6 is 0 Å². The molecule has 1 N–H and O–H groups in total. The number of hydrogen-bond donors (Lipinski definition) is 1. The van der Waals surface area contributed by atoms with Crippen molar-refractivity contribution in [3.8, 4) is 0 Å². The summed E-state index contributed by atoms with van der Waals surface area (Å²) in [5.74, 6) is -0.352. The van der Waals surface area contributed by atoms with Gasteiger partial charge in [0.15, 0.2) is 0 Å². The monoisotopic (exact) mass is 397 g/mol. The van der Waals surface area contributed by atoms with Crippen molar-refractivity contribution in [1.29, 1.82) is 0 Å². The lowest BCUT2D eigenvalue weighted by Crippen LogP contribution is -2.42. The van der Waals surface area contributed by atoms with Gasteiger partial charge >= 0.3 is 12.2 Å². The third kappa shape index (κ3) is 6.84. The van der Waals surface area contributed by atoms with Gasteiger partial charge in [-0.05, 0) is 49.5 Å². The fraction of sp³-hybridized carbons (Fsp3) is 0.350. The van der Waals surface area contributed by atoms with Crippen molar-refractivity contribution in [2.24, 2.45) is 0 Å². The highest BCUT2D eigenvalue weighted by Gasteiger charge is 2.29. The topological polar surface area (TPSA) is 35.6 Å². The number of nitrogens with one attached hydrogen (secondary N) is 1. The first-order valence-corrected chi connectivity index (χ1v) is 8.73. The molecule has 2 aromatic rings. The number of carbonyl (C=O) groups excluding carboxylic acids is 1. The molecule has 2 amide bonds. The summed E-state index contributed by atoms with van der Waals surface area (Å²) >= 11 is 0. The van der Waals surface area contributed by atoms with Gasteiger partial charge in [-0.1, -0.05) is 24.3 Å². The quantitative estimate of drug-likeness (QED) is 0.714. The fourth-order valence-corrected chi connectivity index (χ4v) is 2.48. The first-order chi connectivity index (χ1) is 13.1. The minimum atomic E-state index is -4.39. The van der Waals surface area contributed by atoms with Gasteiger partial charge in [0.25, 0.3) is 0 Å². The maximum Gasteiger partial charge on any atom is 0.416 e. The molecule has 0 aliphatic rings. The Morgan fingerprint density at radius 1 is 0.929 bits per heavy atom. The standard InChI is InChI=1S/C20H23F4N3O/c1-26(2)11-12-27(14-16-5-9-18(21)10-6-16)19(28)25-13-15-3-7-17(8-4-15)20(22,23)24/h3-10H,11-14H2,1-2H3,(H,25,28). The van der Waals surface area contributed by atoms with Crippen molar-refractivity contribution >= 4 is 6.03 Å². The molecule has 0 aromatic heterocycles. The Morgan fingerprint density at radius 2 is 1.50 bits per heavy atom. The summed E-state index contributed by atoms with van der Waals surface area (Å²) in [5.41, 5.74) is 0.618. The number of rotatable bonds is 7. The molecule has 0 unspecified atom stereocenters. The number of alkyl halides is 3. The molecule has 0 saturated heterocycles. The number of hydrogen-bond acceptors (Lipinski definition) is 2. The SMILES string of the molecule is CN(C)CCN(Cc1ccc(F)cc1)C(=O)NCc1ccc(C(F)(F)F)cc1. The van der Waals surface area contributed by atoms with E-state index in [4.69, 9.17) is 0 Å². The summed E-state index contributed by atoms with van der Waals surface area (Å²) in [7, 11) is 3.77. The third-order valence-corrected chi connectivity index (χ3v) is 4.12. The molecule has 2 rings (SSSR count). The summed E-state index contributed by atoms with van der Waals surface area (Å²) < 4.78 is 50.9. The van der Waals surface area contributed by atoms with Crippen LogP contribution < -0.4 is 5.32 Å². The first-order valence-electron chi connectivity index (χ1n) is 8.73. The average molecular weight is 397 g/mol. The number of likely N-dealkylation sites (N-methyl/N-ethyl adjacent to an activating group) is 1. The van der Waals surface area contributed by atoms with E-state index in [1.54, 1.807) is 17.0 Å². The zero-order valence-corrected chi connectivity index (χ0v) is 15.8. The van der Waals surface area contributed by atoms with Gasteiger partial charge in [-0.3, -0.25) is 0 Å². The lowest BCUT2D eigenvalue weighted by molar-refractivity contribution is -0.137. The van der Waals surface area contributed by atoms with E-state index in [-0.39, 0.29) is 18.4 Å². The zero-order chi connectivity index (χ0) is 20.7. The highest BCUT2D eigenvalue weighted by atomic mass is 19.4. The largest absolute Gasteiger partial charge is 0.416 e. The number of halogens is 4. The Bertz CT molecular complexity index is 759. The van der Waals surface area contributed by atoms with E-state index in [0.29, 0.717) is 25.2 Å². The zero-order valence-electron chi connectivity index (χ0n) is 15.8. The number of urea groups is 1. The molecule has 152 valence electrons. The second-order valence-electron chi connectivity index (χ2n) is 6.70. The molecule has 0 heterocycles. The highest BCUT2D eigenvalue weighted by Crippen LogP contribution is 2.29. The average Bonchev–Trinajstić information content (AvgIpc) is 2.64. The molecule has 4 nitrogen and oxygen atoms in total. The van der Waals surface area contributed by atoms with Crippen LogP contribution in [0.5, 0.6) is 0 Å². The second-order valence-corrected chi connectivity index (χ2v) is 6.70. The normalized spacial score (nSPS) is 11.5. The van der Waals surface area contributed by atoms with Crippen molar-refractivity contribution in [1.82, 2.24) is 15.1 Å². The van der Waals surface area contributed by atoms with Gasteiger partial charge in [-0.25, -0.2) is 9.18 Å². The van der Waals surface area contributed by atoms with Gasteiger partial charge in [-0.2, -0.15) is 13.2 Å². The molecule has 0 bridgehead atoms. The Morgan fingerprint density at radius 3 is 2.04 bits per heavy atom. The van der Waals surface area contributed by atoms with Gasteiger partial charge in [0, 0.05) is 26.2 Å². The molecule has 8 heteroatoms. The number of amides is 2. The molecule has 0 aliphatic carbocycles. The van der Waals surface area contributed by atoms with E-state index in [0.717, 1.165) is 17.7 Å². The molecule has 0 aliphatic heterocycles. The summed E-state index contributed by atoms with van der Waals surface area (Å²) in [5, 5.41) is 2.73. The van der Waals surface area contributed by atoms with Crippen LogP contribution in [0.25, 0.3) is 0 Å². The predicted molar refractivity (Wildman–Crippen MR) is 99.0 cm³/mol. The van der Waals surface area contributed by atoms with Crippen LogP contribution in [0.1, 0.15) is 16.7 Å². The molecule has 2 aromatic carbocycles. The van der Waals surface area contributed by atoms with Crippen LogP contribution in [0, 0.1) is 5.82 Å². The lowest BCUT2D eigenvalue weighted by atomic mass is 10.1. The molecule has 0 spiro atoms. The molecule has 0 fully saturated rings. The molecular weight excluding hydrogens is 374 g/mol. The van der Waals surface area contributed by atoms with Gasteiger partial charge in [0.1, 0.15) is 5.82 Å². The fourth-order valence-electron chi connectivity index (χ4n) is 2.48. The summed E-state index contributed by atoms with van der Waals surface area (Å²) in [4.78, 5) is 16.1. The minimum absolute atomic E-state index is 0.110. The van der Waals surface area contributed by atoms with Crippen molar-refractivity contribution in [2.45, 2.75) is 19.3 Å². The maximum atomic E-state index is 13.1. The van der Waals surface area contributed by atoms with Gasteiger partial charge in [0.05, 0.1) is 5.56 Å². The van der Waals surface area contributed by atoms with E-state index < -0.39 is 11.7 Å². The van der Waals surface area contributed by atoms with Gasteiger partial charge in [0.2, 0.25) is 0 Å². The van der Waals surface area contributed by atoms with Crippen LogP contribution in [0.3, 0.4) is 0 Å². The van der Waals surface area contributed by atoms with Gasteiger partial charge < -0.3 is 15.1 Å². The predicted octanol–water partition coefficient (Wildman–Crippen LogP) is 4.12. The molecule has 0 atom stereocenters. The van der Waals surface area contributed by atoms with E-state index in [1.165, 1.54) is 24.3 Å². The first kappa shape index (κ1) is 21.7. The van der Waals surface area contributed by atoms with Crippen LogP contribution in [-0.4, -0.2) is 43.0 Å². The van der Waals surface area contributed by atoms with E-state index in [9.17, 15) is 22.4 Å². The third-order valence-electron chi connectivity index (χ3n) is 4.12. The summed E-state index contributed by atoms with van der Waals surface area (Å²) in [6.45, 7) is 1.49. The van der Waals surface area contributed by atoms with Crippen LogP contribution in [0.15, 0.2) is 48.5 Å². The van der Waals surface area contributed by atoms with Crippen molar-refractivity contribution in [3.63, 3.8) is 0 Å². The summed E-state index contributed by atoms with van der Waals surface area (Å²) in [6, 6.07) is 10.2. The van der Waals surface area contributed by atoms with Crippen LogP contribution in [-0.2, 0) is 19.3 Å². The number of nitrogens with zero attached hydrogens (tertiary/aromatic N) is 2. The number of benzene rings is 2. The molecule has 0 saturated carbocycles. The Labute approximate surface area is 161 Å². The molecule has 28 heavy (non-hydrogen) atoms. The minimum Gasteiger partial charge on any atom is -0.334 e. The van der Waals surface area contributed by atoms with Gasteiger partial charge in [-0.15, -0.1) is 0 Å². The molecular formula is C20H23F4N3O. The Hall–Kier alpha value is -2.61. The molecule has 0 radical (unpaired) electrons. The Balaban J connectivity index is 1.99. The van der Waals surface area contributed by atoms with Crippen molar-refractivity contribution in [3.05, 3.63) is 71.0 Å². The highest BCUT2D eigenvalue weighted by molar-refractivity contribution is 5.74. The van der Waals surface area contributed by atoms with E-state index in [2.05, 4.69) is 5.32 Å². The van der Waals surface area contributed by atoms with Crippen molar-refractivity contribution < 1.29 is 22.4 Å². The second kappa shape index (κ2) is 9.54. The van der Waals surface area contributed by atoms with Crippen LogP contribution in [0.2, 0.25) is 0 Å².